The third kappa shape index (κ3) is 18.2. The Morgan fingerprint density at radius 2 is 0.878 bits per heavy atom. The zero-order chi connectivity index (χ0) is 85.0. The summed E-state index contributed by atoms with van der Waals surface area (Å²) >= 11 is 0. The number of carbonyl (C=O) groups excluding carboxylic acids is 2. The fraction of sp³-hybridized carbons (Fsp3) is 0.200. The van der Waals surface area contributed by atoms with E-state index in [1.54, 1.807) is 49.4 Å². The standard InChI is InChI=1S/C38H28N2O2.C38H35NO4.C32H34N2O2.2CH4/c1-24-18-29(22-30-20-27(25(2)23-39)19-26(3)41-30)42-38-21-28(16-17-31(24)38)40-36-14-8-6-12-34(36)32-10-4-5-11-33(32)35-13-7-9-15-37(35)40;1-6-23(2)27-13-11-26(12-14-27)22-39(5)29-15-16-32-24(3)17-30(43-35(32)20-29)21-31-19-28(18-25(4)42-31)36-37(40)33-9-7-8-10-34(33)38(36)41;1-8-34(9-2)26-10-11-29-21(4)14-27(35-30(29)17-26)18-28-15-25(24(7)19-33)16-31(36-28)32-22(5)12-20(3)13-23(32)6;;/h4-22H,1-3H3;7-21,23H,6,22H2,1-5H3;10-18H,8-9H2,1-7H3;2*1H4/b27-25+,29-22+;30-21+;25-24-,27-18+;;. The van der Waals surface area contributed by atoms with Gasteiger partial charge in [-0.05, 0) is 265 Å². The van der Waals surface area contributed by atoms with Crippen molar-refractivity contribution in [3.63, 3.8) is 0 Å². The number of carbonyl (C=O) groups is 2. The van der Waals surface area contributed by atoms with Gasteiger partial charge in [0.1, 0.15) is 69.1 Å². The Hall–Kier alpha value is -14.4. The molecule has 0 amide bonds. The molecule has 0 N–H and O–H groups in total. The summed E-state index contributed by atoms with van der Waals surface area (Å²) in [7, 11) is 2.08. The van der Waals surface area contributed by atoms with Gasteiger partial charge in [-0.3, -0.25) is 9.59 Å². The van der Waals surface area contributed by atoms with Gasteiger partial charge in [-0.2, -0.15) is 10.5 Å². The molecular weight excluding hydrogens is 1520 g/mol. The van der Waals surface area contributed by atoms with Gasteiger partial charge in [-0.1, -0.05) is 156 Å². The topological polar surface area (TPSA) is 147 Å². The fourth-order valence-electron chi connectivity index (χ4n) is 16.6. The van der Waals surface area contributed by atoms with E-state index in [-0.39, 0.29) is 32.0 Å². The molecule has 1 atom stereocenters. The maximum Gasteiger partial charge on any atom is 0.198 e. The van der Waals surface area contributed by atoms with Crippen molar-refractivity contribution >= 4 is 62.5 Å². The first-order chi connectivity index (χ1) is 58.4. The molecule has 0 saturated carbocycles. The summed E-state index contributed by atoms with van der Waals surface area (Å²) in [5.74, 6) is 8.25. The first-order valence-electron chi connectivity index (χ1n) is 41.2. The number of fused-ring (bicyclic) bond motifs is 9. The Morgan fingerprint density at radius 3 is 1.37 bits per heavy atom. The number of hydrogen-bond donors (Lipinski definition) is 0. The maximum atomic E-state index is 13.1. The molecule has 0 aromatic heterocycles. The van der Waals surface area contributed by atoms with Gasteiger partial charge < -0.3 is 43.1 Å². The summed E-state index contributed by atoms with van der Waals surface area (Å²) in [5.41, 5.74) is 28.4. The maximum absolute atomic E-state index is 13.1. The first-order valence-corrected chi connectivity index (χ1v) is 41.2. The van der Waals surface area contributed by atoms with Crippen LogP contribution in [0.25, 0.3) is 44.7 Å². The second-order valence-corrected chi connectivity index (χ2v) is 31.6. The lowest BCUT2D eigenvalue weighted by Crippen LogP contribution is -2.21. The zero-order valence-electron chi connectivity index (χ0n) is 71.2. The largest absolute Gasteiger partial charge is 0.462 e. The van der Waals surface area contributed by atoms with Gasteiger partial charge in [0.05, 0.1) is 29.1 Å². The van der Waals surface area contributed by atoms with Crippen molar-refractivity contribution in [3.8, 4) is 51.6 Å². The normalized spacial score (nSPS) is 16.9. The molecule has 0 bridgehead atoms. The second kappa shape index (κ2) is 37.1. The van der Waals surface area contributed by atoms with E-state index in [9.17, 15) is 20.1 Å². The number of nitriles is 2. The van der Waals surface area contributed by atoms with Crippen LogP contribution in [0.15, 0.2) is 340 Å². The van der Waals surface area contributed by atoms with E-state index in [0.29, 0.717) is 74.1 Å². The first kappa shape index (κ1) is 86.4. The Labute approximate surface area is 725 Å². The van der Waals surface area contributed by atoms with Crippen molar-refractivity contribution in [2.75, 3.05) is 34.8 Å². The van der Waals surface area contributed by atoms with Gasteiger partial charge in [-0.25, -0.2) is 0 Å². The molecule has 9 aromatic carbocycles. The van der Waals surface area contributed by atoms with Crippen LogP contribution in [0.3, 0.4) is 0 Å². The van der Waals surface area contributed by atoms with Crippen LogP contribution in [0.4, 0.5) is 28.4 Å². The lowest BCUT2D eigenvalue weighted by atomic mass is 9.95. The quantitative estimate of drug-likeness (QED) is 0.0613. The summed E-state index contributed by atoms with van der Waals surface area (Å²) in [5, 5.41) is 19.0. The molecule has 0 spiro atoms. The highest BCUT2D eigenvalue weighted by Gasteiger charge is 2.36. The van der Waals surface area contributed by atoms with Gasteiger partial charge in [0.15, 0.2) is 11.6 Å². The number of allylic oxidation sites excluding steroid dienone is 23. The molecule has 0 fully saturated rings. The summed E-state index contributed by atoms with van der Waals surface area (Å²) in [6.07, 6.45) is 23.8. The highest BCUT2D eigenvalue weighted by molar-refractivity contribution is 6.40. The van der Waals surface area contributed by atoms with Crippen LogP contribution in [-0.2, 0) is 20.8 Å². The van der Waals surface area contributed by atoms with Crippen LogP contribution in [0, 0.1) is 43.4 Å². The van der Waals surface area contributed by atoms with Crippen LogP contribution in [-0.4, -0.2) is 31.7 Å². The predicted molar refractivity (Wildman–Crippen MR) is 502 cm³/mol. The van der Waals surface area contributed by atoms with Crippen LogP contribution < -0.4 is 28.9 Å². The molecule has 8 aliphatic rings. The van der Waals surface area contributed by atoms with Crippen molar-refractivity contribution in [1.29, 1.82) is 10.5 Å². The van der Waals surface area contributed by atoms with Gasteiger partial charge >= 0.3 is 0 Å². The van der Waals surface area contributed by atoms with Crippen molar-refractivity contribution in [1.82, 2.24) is 0 Å². The molecule has 0 radical (unpaired) electrons. The lowest BCUT2D eigenvalue weighted by molar-refractivity contribution is 0.0987. The fourth-order valence-corrected chi connectivity index (χ4v) is 16.6. The van der Waals surface area contributed by atoms with Gasteiger partial charge in [-0.15, -0.1) is 0 Å². The Kier molecular flexibility index (Phi) is 26.1. The third-order valence-electron chi connectivity index (χ3n) is 23.0. The average molecular weight is 1630 g/mol. The molecule has 0 saturated heterocycles. The average Bonchev–Trinajstić information content (AvgIpc) is 1.63. The molecule has 9 aromatic rings. The van der Waals surface area contributed by atoms with Crippen LogP contribution in [0.5, 0.6) is 17.2 Å². The van der Waals surface area contributed by atoms with Crippen molar-refractivity contribution < 1.29 is 38.0 Å². The number of anilines is 5. The summed E-state index contributed by atoms with van der Waals surface area (Å²) in [6.45, 7) is 31.3. The van der Waals surface area contributed by atoms with Gasteiger partial charge in [0, 0.05) is 136 Å². The minimum atomic E-state index is -0.258. The molecule has 123 heavy (non-hydrogen) atoms. The molecule has 7 heterocycles. The van der Waals surface area contributed by atoms with Crippen LogP contribution in [0.1, 0.15) is 174 Å². The number of nitrogens with zero attached hydrogens (tertiary/aromatic N) is 5. The van der Waals surface area contributed by atoms with Gasteiger partial charge in [0.2, 0.25) is 0 Å². The monoisotopic (exact) mass is 1620 g/mol. The number of rotatable bonds is 13. The van der Waals surface area contributed by atoms with E-state index in [2.05, 4.69) is 267 Å². The van der Waals surface area contributed by atoms with E-state index >= 15 is 0 Å². The number of benzene rings is 9. The summed E-state index contributed by atoms with van der Waals surface area (Å²) in [6, 6.07) is 69.5. The predicted octanol–water partition coefficient (Wildman–Crippen LogP) is 28.1. The smallest absolute Gasteiger partial charge is 0.198 e. The number of aryl methyl sites for hydroxylation is 3. The molecule has 1 aliphatic carbocycles. The second-order valence-electron chi connectivity index (χ2n) is 31.6. The van der Waals surface area contributed by atoms with Crippen molar-refractivity contribution in [2.24, 2.45) is 0 Å². The zero-order valence-corrected chi connectivity index (χ0v) is 71.2. The minimum absolute atomic E-state index is 0. The van der Waals surface area contributed by atoms with Gasteiger partial charge in [0.25, 0.3) is 0 Å². The summed E-state index contributed by atoms with van der Waals surface area (Å²) in [4.78, 5) is 33.1. The number of para-hydroxylation sites is 2. The van der Waals surface area contributed by atoms with E-state index in [1.165, 1.54) is 38.9 Å². The van der Waals surface area contributed by atoms with E-state index in [0.717, 1.165) is 145 Å². The SMILES string of the molecule is C.C.CC1=C/C(=C(/C)C#N)C=C(/C=C2\C=C(C)c3ccc(N4c5ccccc5-c5ccccc5-c5ccccc54)cc3O2)O1.CCC(C)c1ccc(CN(C)c2ccc3c(c2)O/C(=C/C2=CC(=C4C(=O)c5ccccc5C4=O)C=C(C)O2)C=C3C)cc1.CCN(CC)c1ccc2c(c1)O/C(=C/C1=CC(=C(\C)C#N)/C=C(c3c(C)cc(C)cc3C)O1)C=C2C. The molecule has 17 rings (SSSR count). The molecule has 1 unspecified atom stereocenters. The minimum Gasteiger partial charge on any atom is -0.462 e. The number of Topliss-reactive ketones (excluding diaryl/α,β-unsaturated/α-hetero) is 2. The molecule has 13 nitrogen and oxygen atoms in total. The van der Waals surface area contributed by atoms with Crippen molar-refractivity contribution in [2.45, 2.75) is 131 Å². The number of ketones is 2. The lowest BCUT2D eigenvalue weighted by Gasteiger charge is -2.29. The van der Waals surface area contributed by atoms with E-state index in [4.69, 9.17) is 28.4 Å². The Balaban J connectivity index is 0.000000158. The van der Waals surface area contributed by atoms with Crippen LogP contribution >= 0.6 is 0 Å². The summed E-state index contributed by atoms with van der Waals surface area (Å²) < 4.78 is 37.6. The van der Waals surface area contributed by atoms with Crippen LogP contribution in [0.2, 0.25) is 0 Å². The Morgan fingerprint density at radius 1 is 0.447 bits per heavy atom. The number of ether oxygens (including phenoxy) is 6. The molecule has 13 heteroatoms. The number of hydrogen-bond acceptors (Lipinski definition) is 13. The molecular formula is C110H105N5O8. The molecule has 618 valence electrons. The Bertz CT molecular complexity index is 6280. The highest BCUT2D eigenvalue weighted by Crippen LogP contribution is 2.52. The van der Waals surface area contributed by atoms with Crippen molar-refractivity contribution in [3.05, 3.63) is 402 Å². The van der Waals surface area contributed by atoms with E-state index in [1.807, 2.05) is 75.5 Å². The molecule has 7 aliphatic heterocycles. The third-order valence-corrected chi connectivity index (χ3v) is 23.0. The highest BCUT2D eigenvalue weighted by atomic mass is 16.5. The van der Waals surface area contributed by atoms with E-state index < -0.39 is 0 Å².